The Hall–Kier alpha value is -1.66. The van der Waals surface area contributed by atoms with Gasteiger partial charge in [0.1, 0.15) is 11.5 Å². The Morgan fingerprint density at radius 2 is 2.27 bits per heavy atom. The molecule has 1 aliphatic rings. The smallest absolute Gasteiger partial charge is 0.273 e. The summed E-state index contributed by atoms with van der Waals surface area (Å²) in [5.74, 6) is 1.53. The van der Waals surface area contributed by atoms with E-state index in [1.165, 1.54) is 11.3 Å². The number of nitrogens with zero attached hydrogens (tertiary/aromatic N) is 2. The van der Waals surface area contributed by atoms with Crippen molar-refractivity contribution >= 4 is 17.2 Å². The largest absolute Gasteiger partial charge is 0.459 e. The molecule has 2 aromatic rings. The Morgan fingerprint density at radius 1 is 1.45 bits per heavy atom. The van der Waals surface area contributed by atoms with Gasteiger partial charge in [-0.05, 0) is 44.7 Å². The highest BCUT2D eigenvalue weighted by molar-refractivity contribution is 7.13. The van der Waals surface area contributed by atoms with Gasteiger partial charge in [0, 0.05) is 24.6 Å². The zero-order valence-corrected chi connectivity index (χ0v) is 13.4. The number of aryl methyl sites for hydroxylation is 1. The van der Waals surface area contributed by atoms with E-state index < -0.39 is 0 Å². The fourth-order valence-corrected chi connectivity index (χ4v) is 3.17. The summed E-state index contributed by atoms with van der Waals surface area (Å²) < 4.78 is 5.56. The molecule has 0 radical (unpaired) electrons. The summed E-state index contributed by atoms with van der Waals surface area (Å²) >= 11 is 1.43. The summed E-state index contributed by atoms with van der Waals surface area (Å²) in [5.41, 5.74) is 0.491. The van der Waals surface area contributed by atoms with E-state index in [9.17, 15) is 4.79 Å². The number of thiazole rings is 1. The molecule has 0 saturated heterocycles. The van der Waals surface area contributed by atoms with Crippen LogP contribution in [-0.2, 0) is 0 Å². The second-order valence-corrected chi connectivity index (χ2v) is 6.47. The van der Waals surface area contributed by atoms with Crippen LogP contribution in [0.2, 0.25) is 0 Å². The first-order valence-corrected chi connectivity index (χ1v) is 8.51. The first kappa shape index (κ1) is 15.2. The Kier molecular flexibility index (Phi) is 4.59. The van der Waals surface area contributed by atoms with Gasteiger partial charge in [0.2, 0.25) is 0 Å². The molecule has 22 heavy (non-hydrogen) atoms. The minimum absolute atomic E-state index is 0.00813. The number of unbranched alkanes of at least 4 members (excludes halogenated alkanes) is 1. The van der Waals surface area contributed by atoms with Crippen LogP contribution < -0.4 is 0 Å². The summed E-state index contributed by atoms with van der Waals surface area (Å²) in [4.78, 5) is 19.0. The molecule has 1 aliphatic carbocycles. The number of aliphatic hydroxyl groups excluding tert-OH is 1. The van der Waals surface area contributed by atoms with Gasteiger partial charge in [0.25, 0.3) is 5.91 Å². The van der Waals surface area contributed by atoms with Gasteiger partial charge in [-0.1, -0.05) is 0 Å². The van der Waals surface area contributed by atoms with E-state index in [-0.39, 0.29) is 12.5 Å². The zero-order valence-electron chi connectivity index (χ0n) is 12.6. The summed E-state index contributed by atoms with van der Waals surface area (Å²) in [6.45, 7) is 2.75. The SMILES string of the molecule is Cc1ccc(-c2nc(C(=O)N(CCCCO)C3CC3)cs2)o1. The normalized spacial score (nSPS) is 14.3. The van der Waals surface area contributed by atoms with Crippen LogP contribution in [0.1, 0.15) is 41.9 Å². The van der Waals surface area contributed by atoms with Gasteiger partial charge in [-0.15, -0.1) is 11.3 Å². The zero-order chi connectivity index (χ0) is 15.5. The van der Waals surface area contributed by atoms with Crippen molar-refractivity contribution < 1.29 is 14.3 Å². The van der Waals surface area contributed by atoms with Crippen LogP contribution >= 0.6 is 11.3 Å². The van der Waals surface area contributed by atoms with E-state index in [0.717, 1.165) is 36.5 Å². The average Bonchev–Trinajstić information content (AvgIpc) is 3.06. The first-order chi connectivity index (χ1) is 10.7. The molecule has 1 N–H and O–H groups in total. The van der Waals surface area contributed by atoms with Gasteiger partial charge in [0.05, 0.1) is 0 Å². The number of carbonyl (C=O) groups is 1. The van der Waals surface area contributed by atoms with Crippen LogP contribution in [0.5, 0.6) is 0 Å². The molecule has 1 fully saturated rings. The van der Waals surface area contributed by atoms with Crippen molar-refractivity contribution in [3.63, 3.8) is 0 Å². The van der Waals surface area contributed by atoms with Gasteiger partial charge >= 0.3 is 0 Å². The van der Waals surface area contributed by atoms with Crippen molar-refractivity contribution in [2.24, 2.45) is 0 Å². The van der Waals surface area contributed by atoms with E-state index in [0.29, 0.717) is 24.0 Å². The molecule has 0 atom stereocenters. The fraction of sp³-hybridized carbons (Fsp3) is 0.500. The Balaban J connectivity index is 1.71. The van der Waals surface area contributed by atoms with E-state index in [1.807, 2.05) is 24.0 Å². The highest BCUT2D eigenvalue weighted by atomic mass is 32.1. The molecule has 0 spiro atoms. The number of amides is 1. The lowest BCUT2D eigenvalue weighted by Gasteiger charge is -2.21. The van der Waals surface area contributed by atoms with E-state index in [4.69, 9.17) is 9.52 Å². The molecule has 2 aromatic heterocycles. The number of rotatable bonds is 7. The second kappa shape index (κ2) is 6.62. The van der Waals surface area contributed by atoms with Crippen LogP contribution in [-0.4, -0.2) is 40.1 Å². The average molecular weight is 320 g/mol. The lowest BCUT2D eigenvalue weighted by molar-refractivity contribution is 0.0732. The van der Waals surface area contributed by atoms with Gasteiger partial charge in [0.15, 0.2) is 10.8 Å². The van der Waals surface area contributed by atoms with E-state index in [1.54, 1.807) is 5.38 Å². The second-order valence-electron chi connectivity index (χ2n) is 5.61. The molecule has 0 aromatic carbocycles. The number of carbonyl (C=O) groups excluding carboxylic acids is 1. The maximum atomic E-state index is 12.6. The highest BCUT2D eigenvalue weighted by Gasteiger charge is 2.33. The molecule has 0 unspecified atom stereocenters. The summed E-state index contributed by atoms with van der Waals surface area (Å²) in [7, 11) is 0. The standard InChI is InChI=1S/C16H20N2O3S/c1-11-4-7-14(21-11)15-17-13(10-22-15)16(20)18(12-5-6-12)8-2-3-9-19/h4,7,10,12,19H,2-3,5-6,8-9H2,1H3. The molecule has 1 saturated carbocycles. The molecule has 118 valence electrons. The maximum absolute atomic E-state index is 12.6. The first-order valence-electron chi connectivity index (χ1n) is 7.63. The van der Waals surface area contributed by atoms with Gasteiger partial charge in [-0.2, -0.15) is 0 Å². The number of aliphatic hydroxyl groups is 1. The Bertz CT molecular complexity index is 645. The van der Waals surface area contributed by atoms with Crippen molar-refractivity contribution in [1.29, 1.82) is 0 Å². The van der Waals surface area contributed by atoms with Gasteiger partial charge < -0.3 is 14.4 Å². The Labute approximate surface area is 133 Å². The van der Waals surface area contributed by atoms with Gasteiger partial charge in [-0.3, -0.25) is 4.79 Å². The predicted molar refractivity (Wildman–Crippen MR) is 84.9 cm³/mol. The Morgan fingerprint density at radius 3 is 2.91 bits per heavy atom. The molecule has 2 heterocycles. The molecule has 1 amide bonds. The van der Waals surface area contributed by atoms with Crippen LogP contribution in [0.25, 0.3) is 10.8 Å². The van der Waals surface area contributed by atoms with Gasteiger partial charge in [-0.25, -0.2) is 4.98 Å². The quantitative estimate of drug-likeness (QED) is 0.796. The number of hydrogen-bond acceptors (Lipinski definition) is 5. The minimum Gasteiger partial charge on any atom is -0.459 e. The molecule has 3 rings (SSSR count). The van der Waals surface area contributed by atoms with Crippen molar-refractivity contribution in [3.8, 4) is 10.8 Å². The molecule has 0 bridgehead atoms. The minimum atomic E-state index is -0.00813. The molecule has 5 nitrogen and oxygen atoms in total. The number of aromatic nitrogens is 1. The van der Waals surface area contributed by atoms with E-state index in [2.05, 4.69) is 4.98 Å². The summed E-state index contributed by atoms with van der Waals surface area (Å²) in [5, 5.41) is 11.4. The van der Waals surface area contributed by atoms with Crippen LogP contribution in [0, 0.1) is 6.92 Å². The summed E-state index contributed by atoms with van der Waals surface area (Å²) in [6, 6.07) is 4.12. The van der Waals surface area contributed by atoms with Crippen molar-refractivity contribution in [1.82, 2.24) is 9.88 Å². The molecule has 6 heteroatoms. The predicted octanol–water partition coefficient (Wildman–Crippen LogP) is 3.09. The van der Waals surface area contributed by atoms with Crippen molar-refractivity contribution in [3.05, 3.63) is 29.0 Å². The maximum Gasteiger partial charge on any atom is 0.273 e. The molecular formula is C16H20N2O3S. The third-order valence-corrected chi connectivity index (χ3v) is 4.59. The van der Waals surface area contributed by atoms with Crippen molar-refractivity contribution in [2.45, 2.75) is 38.6 Å². The fourth-order valence-electron chi connectivity index (χ4n) is 2.41. The van der Waals surface area contributed by atoms with Crippen LogP contribution in [0.15, 0.2) is 21.9 Å². The third-order valence-electron chi connectivity index (χ3n) is 3.73. The van der Waals surface area contributed by atoms with E-state index >= 15 is 0 Å². The highest BCUT2D eigenvalue weighted by Crippen LogP contribution is 2.30. The third kappa shape index (κ3) is 3.39. The molecule has 0 aliphatic heterocycles. The van der Waals surface area contributed by atoms with Crippen LogP contribution in [0.3, 0.4) is 0 Å². The van der Waals surface area contributed by atoms with Crippen molar-refractivity contribution in [2.75, 3.05) is 13.2 Å². The lowest BCUT2D eigenvalue weighted by atomic mass is 10.2. The molecular weight excluding hydrogens is 300 g/mol. The topological polar surface area (TPSA) is 66.6 Å². The van der Waals surface area contributed by atoms with Crippen LogP contribution in [0.4, 0.5) is 0 Å². The monoisotopic (exact) mass is 320 g/mol. The number of furan rings is 1. The lowest BCUT2D eigenvalue weighted by Crippen LogP contribution is -2.34. The summed E-state index contributed by atoms with van der Waals surface area (Å²) in [6.07, 6.45) is 3.69. The number of hydrogen-bond donors (Lipinski definition) is 1.